The van der Waals surface area contributed by atoms with Crippen LogP contribution in [0.15, 0.2) is 30.3 Å². The Bertz CT molecular complexity index is 847. The van der Waals surface area contributed by atoms with Crippen molar-refractivity contribution in [1.29, 1.82) is 0 Å². The number of Topliss-reactive ketones (excluding diaryl/α,β-unsaturated/α-hetero) is 1. The van der Waals surface area contributed by atoms with E-state index in [9.17, 15) is 19.2 Å². The first-order chi connectivity index (χ1) is 14.4. The first-order valence-corrected chi connectivity index (χ1v) is 10.9. The lowest BCUT2D eigenvalue weighted by atomic mass is 9.70. The molecule has 30 heavy (non-hydrogen) atoms. The highest BCUT2D eigenvalue weighted by atomic mass is 16.2. The molecule has 2 heterocycles. The van der Waals surface area contributed by atoms with Gasteiger partial charge in [-0.15, -0.1) is 0 Å². The Balaban J connectivity index is 1.43. The summed E-state index contributed by atoms with van der Waals surface area (Å²) in [5, 5.41) is 0. The number of nitrogens with two attached hydrogens (primary N) is 1. The molecule has 0 aromatic heterocycles. The van der Waals surface area contributed by atoms with Crippen molar-refractivity contribution >= 4 is 23.5 Å². The number of hydrogen-bond acceptors (Lipinski definition) is 4. The average Bonchev–Trinajstić information content (AvgIpc) is 3.34. The summed E-state index contributed by atoms with van der Waals surface area (Å²) in [7, 11) is 0. The Morgan fingerprint density at radius 2 is 1.73 bits per heavy atom. The second-order valence-electron chi connectivity index (χ2n) is 8.86. The van der Waals surface area contributed by atoms with Crippen molar-refractivity contribution < 1.29 is 19.2 Å². The molecule has 0 spiro atoms. The van der Waals surface area contributed by atoms with E-state index in [1.165, 1.54) is 0 Å². The molecule has 1 saturated carbocycles. The highest BCUT2D eigenvalue weighted by Gasteiger charge is 2.51. The molecule has 7 nitrogen and oxygen atoms in total. The van der Waals surface area contributed by atoms with E-state index in [1.54, 1.807) is 34.1 Å². The van der Waals surface area contributed by atoms with Crippen LogP contribution in [-0.2, 0) is 14.4 Å². The van der Waals surface area contributed by atoms with E-state index < -0.39 is 11.5 Å². The fraction of sp³-hybridized carbons (Fsp3) is 0.565. The van der Waals surface area contributed by atoms with Crippen LogP contribution in [0.4, 0.5) is 0 Å². The molecule has 2 atom stereocenters. The monoisotopic (exact) mass is 411 g/mol. The molecule has 1 aromatic carbocycles. The van der Waals surface area contributed by atoms with Crippen LogP contribution in [0.2, 0.25) is 0 Å². The fourth-order valence-electron chi connectivity index (χ4n) is 5.46. The molecule has 3 amide bonds. The average molecular weight is 412 g/mol. The number of fused-ring (bicyclic) bond motifs is 1. The molecule has 0 bridgehead atoms. The van der Waals surface area contributed by atoms with E-state index in [1.807, 2.05) is 6.07 Å². The Hall–Kier alpha value is -2.70. The number of ketones is 1. The van der Waals surface area contributed by atoms with Gasteiger partial charge < -0.3 is 15.5 Å². The lowest BCUT2D eigenvalue weighted by molar-refractivity contribution is -0.138. The van der Waals surface area contributed by atoms with E-state index >= 15 is 0 Å². The molecule has 7 heteroatoms. The van der Waals surface area contributed by atoms with Gasteiger partial charge in [0.1, 0.15) is 6.04 Å². The third-order valence-corrected chi connectivity index (χ3v) is 7.18. The van der Waals surface area contributed by atoms with Gasteiger partial charge in [-0.1, -0.05) is 37.5 Å². The predicted octanol–water partition coefficient (Wildman–Crippen LogP) is 1.90. The van der Waals surface area contributed by atoms with Gasteiger partial charge in [-0.05, 0) is 37.8 Å². The summed E-state index contributed by atoms with van der Waals surface area (Å²) in [5.74, 6) is -0.681. The zero-order valence-corrected chi connectivity index (χ0v) is 17.2. The van der Waals surface area contributed by atoms with E-state index in [0.29, 0.717) is 24.9 Å². The van der Waals surface area contributed by atoms with Crippen molar-refractivity contribution in [3.8, 4) is 0 Å². The summed E-state index contributed by atoms with van der Waals surface area (Å²) in [6.45, 7) is 0.500. The molecule has 3 aliphatic rings. The number of carbonyl (C=O) groups excluding carboxylic acids is 4. The molecule has 1 aromatic rings. The first kappa shape index (κ1) is 20.6. The largest absolute Gasteiger partial charge is 0.369 e. The molecule has 2 aliphatic heterocycles. The molecular formula is C23H29N3O4. The molecule has 2 unspecified atom stereocenters. The van der Waals surface area contributed by atoms with Gasteiger partial charge in [-0.25, -0.2) is 0 Å². The van der Waals surface area contributed by atoms with E-state index in [0.717, 1.165) is 32.1 Å². The zero-order valence-electron chi connectivity index (χ0n) is 17.2. The molecule has 2 N–H and O–H groups in total. The number of carbonyl (C=O) groups is 4. The zero-order chi connectivity index (χ0) is 21.3. The molecule has 160 valence electrons. The van der Waals surface area contributed by atoms with Crippen molar-refractivity contribution in [1.82, 2.24) is 9.80 Å². The number of rotatable bonds is 5. The van der Waals surface area contributed by atoms with E-state index in [2.05, 4.69) is 0 Å². The van der Waals surface area contributed by atoms with Gasteiger partial charge in [-0.3, -0.25) is 19.2 Å². The number of benzene rings is 1. The number of primary amides is 1. The Morgan fingerprint density at radius 3 is 2.40 bits per heavy atom. The van der Waals surface area contributed by atoms with Crippen molar-refractivity contribution in [2.75, 3.05) is 13.1 Å². The molecule has 2 saturated heterocycles. The summed E-state index contributed by atoms with van der Waals surface area (Å²) in [4.78, 5) is 54.0. The molecule has 4 rings (SSSR count). The topological polar surface area (TPSA) is 101 Å². The molecule has 0 radical (unpaired) electrons. The van der Waals surface area contributed by atoms with Gasteiger partial charge in [0.2, 0.25) is 11.8 Å². The minimum Gasteiger partial charge on any atom is -0.369 e. The van der Waals surface area contributed by atoms with Gasteiger partial charge >= 0.3 is 0 Å². The summed E-state index contributed by atoms with van der Waals surface area (Å²) >= 11 is 0. The maximum atomic E-state index is 13.0. The van der Waals surface area contributed by atoms with E-state index in [-0.39, 0.29) is 42.5 Å². The summed E-state index contributed by atoms with van der Waals surface area (Å²) < 4.78 is 0. The fourth-order valence-corrected chi connectivity index (χ4v) is 5.46. The summed E-state index contributed by atoms with van der Waals surface area (Å²) in [5.41, 5.74) is 5.65. The predicted molar refractivity (Wildman–Crippen MR) is 110 cm³/mol. The highest BCUT2D eigenvalue weighted by Crippen LogP contribution is 2.40. The minimum absolute atomic E-state index is 0.0397. The lowest BCUT2D eigenvalue weighted by Crippen LogP contribution is -2.45. The Kier molecular flexibility index (Phi) is 5.62. The number of amides is 3. The van der Waals surface area contributed by atoms with Gasteiger partial charge in [0, 0.05) is 23.9 Å². The van der Waals surface area contributed by atoms with Crippen LogP contribution >= 0.6 is 0 Å². The van der Waals surface area contributed by atoms with Crippen molar-refractivity contribution in [3.63, 3.8) is 0 Å². The third-order valence-electron chi connectivity index (χ3n) is 7.18. The second kappa shape index (κ2) is 8.20. The van der Waals surface area contributed by atoms with Crippen LogP contribution in [0.3, 0.4) is 0 Å². The molecular weight excluding hydrogens is 382 g/mol. The molecule has 3 fully saturated rings. The number of hydrogen-bond donors (Lipinski definition) is 1. The van der Waals surface area contributed by atoms with Crippen molar-refractivity contribution in [3.05, 3.63) is 35.9 Å². The number of likely N-dealkylation sites (tertiary alicyclic amines) is 2. The maximum Gasteiger partial charge on any atom is 0.254 e. The van der Waals surface area contributed by atoms with Gasteiger partial charge in [-0.2, -0.15) is 0 Å². The van der Waals surface area contributed by atoms with Crippen LogP contribution in [0.5, 0.6) is 0 Å². The Morgan fingerprint density at radius 1 is 1.03 bits per heavy atom. The smallest absolute Gasteiger partial charge is 0.254 e. The summed E-state index contributed by atoms with van der Waals surface area (Å²) in [6, 6.07) is 8.09. The summed E-state index contributed by atoms with van der Waals surface area (Å²) in [6.07, 6.45) is 5.74. The third kappa shape index (κ3) is 3.61. The second-order valence-corrected chi connectivity index (χ2v) is 8.86. The Labute approximate surface area is 176 Å². The van der Waals surface area contributed by atoms with Gasteiger partial charge in [0.25, 0.3) is 5.91 Å². The van der Waals surface area contributed by atoms with Gasteiger partial charge in [0.15, 0.2) is 5.78 Å². The van der Waals surface area contributed by atoms with Crippen molar-refractivity contribution in [2.45, 2.75) is 63.5 Å². The standard InChI is InChI=1S/C23H29N3O4/c24-22(30)23(11-5-2-6-12-23)13-9-19(28)25-14-10-17-20(25)18(27)15-26(17)21(29)16-7-3-1-4-8-16/h1,3-4,7-8,17,20H,2,5-6,9-15H2,(H2,24,30). The minimum atomic E-state index is -0.595. The van der Waals surface area contributed by atoms with Crippen LogP contribution in [-0.4, -0.2) is 58.5 Å². The number of nitrogens with zero attached hydrogens (tertiary/aromatic N) is 2. The van der Waals surface area contributed by atoms with Crippen LogP contribution < -0.4 is 5.73 Å². The van der Waals surface area contributed by atoms with Crippen LogP contribution in [0.1, 0.15) is 61.7 Å². The molecule has 1 aliphatic carbocycles. The van der Waals surface area contributed by atoms with Gasteiger partial charge in [0.05, 0.1) is 12.6 Å². The first-order valence-electron chi connectivity index (χ1n) is 10.9. The quantitative estimate of drug-likeness (QED) is 0.800. The maximum absolute atomic E-state index is 13.0. The lowest BCUT2D eigenvalue weighted by Gasteiger charge is -2.34. The van der Waals surface area contributed by atoms with E-state index in [4.69, 9.17) is 5.73 Å². The highest BCUT2D eigenvalue weighted by molar-refractivity contribution is 6.02. The van der Waals surface area contributed by atoms with Crippen molar-refractivity contribution in [2.24, 2.45) is 11.1 Å². The van der Waals surface area contributed by atoms with Crippen LogP contribution in [0, 0.1) is 5.41 Å². The van der Waals surface area contributed by atoms with Crippen LogP contribution in [0.25, 0.3) is 0 Å². The SMILES string of the molecule is NC(=O)C1(CCC(=O)N2CCC3C2C(=O)CN3C(=O)c2ccccc2)CCCCC1. The normalized spacial score (nSPS) is 25.3.